The zero-order valence-corrected chi connectivity index (χ0v) is 31.7. The molecule has 52 heavy (non-hydrogen) atoms. The van der Waals surface area contributed by atoms with Crippen LogP contribution in [0.4, 0.5) is 23.0 Å². The van der Waals surface area contributed by atoms with Gasteiger partial charge < -0.3 is 23.7 Å². The van der Waals surface area contributed by atoms with Crippen molar-refractivity contribution in [1.29, 1.82) is 0 Å². The van der Waals surface area contributed by atoms with E-state index in [2.05, 4.69) is 30.5 Å². The summed E-state index contributed by atoms with van der Waals surface area (Å²) in [5, 5.41) is 10.9. The molecule has 0 unspecified atom stereocenters. The number of hydrogen-bond donors (Lipinski definition) is 2. The Morgan fingerprint density at radius 2 is 1.38 bits per heavy atom. The number of aryl methyl sites for hydroxylation is 1. The Hall–Kier alpha value is -3.53. The highest BCUT2D eigenvalue weighted by Crippen LogP contribution is 2.37. The second-order valence-corrected chi connectivity index (χ2v) is 18.4. The second-order valence-electron chi connectivity index (χ2n) is 10.5. The molecule has 0 amide bonds. The van der Waals surface area contributed by atoms with Crippen LogP contribution in [0, 0.1) is 6.92 Å². The molecule has 0 saturated heterocycles. The number of azo groups is 1. The Morgan fingerprint density at radius 3 is 1.90 bits per heavy atom. The topological polar surface area (TPSA) is 311 Å². The molecule has 1 heterocycles. The summed E-state index contributed by atoms with van der Waals surface area (Å²) in [6, 6.07) is 8.46. The van der Waals surface area contributed by atoms with Crippen LogP contribution < -0.4 is 10.1 Å². The van der Waals surface area contributed by atoms with Crippen molar-refractivity contribution in [3.05, 3.63) is 48.0 Å². The average molecular weight is 836 g/mol. The Balaban J connectivity index is 1.66. The van der Waals surface area contributed by atoms with Crippen LogP contribution in [0.5, 0.6) is 5.75 Å². The molecule has 4 aromatic rings. The highest BCUT2D eigenvalue weighted by Gasteiger charge is 2.19. The second kappa shape index (κ2) is 16.6. The highest BCUT2D eigenvalue weighted by molar-refractivity contribution is 7.99. The summed E-state index contributed by atoms with van der Waals surface area (Å²) in [4.78, 5) is 11.5. The Bertz CT molecular complexity index is 2410. The van der Waals surface area contributed by atoms with E-state index < -0.39 is 61.8 Å². The van der Waals surface area contributed by atoms with Crippen molar-refractivity contribution in [3.63, 3.8) is 0 Å². The van der Waals surface area contributed by atoms with Gasteiger partial charge in [0.05, 0.1) is 49.3 Å². The molecular formula is C27H27N6O13S6-3. The summed E-state index contributed by atoms with van der Waals surface area (Å²) >= 11 is 2.08. The van der Waals surface area contributed by atoms with Gasteiger partial charge in [-0.15, -0.1) is 0 Å². The van der Waals surface area contributed by atoms with Gasteiger partial charge >= 0.3 is 0 Å². The summed E-state index contributed by atoms with van der Waals surface area (Å²) in [6.07, 6.45) is 0.0418. The number of anilines is 2. The first-order chi connectivity index (χ1) is 24.1. The lowest BCUT2D eigenvalue weighted by Crippen LogP contribution is -2.07. The van der Waals surface area contributed by atoms with E-state index in [4.69, 9.17) is 4.74 Å². The predicted molar refractivity (Wildman–Crippen MR) is 187 cm³/mol. The van der Waals surface area contributed by atoms with Crippen LogP contribution in [-0.2, 0) is 40.5 Å². The standard InChI is InChI=1S/C27H30N6O13S6/c1-16-12-21(28-25-29-26(47-8-4-10-49(34,35)36)31-27(30-25)48-9-5-11-50(37,38)39)22(46-2)15-20(16)33-32-17-13-19-18(24(14-17)52(43,44)45)6-3-7-23(19)51(40,41)42/h3,6-7,12-15H,4-5,8-11H2,1-2H3,(H,34,35,36)(H,37,38,39)(H,40,41,42)(H,43,44,45)(H,28,29,30,31)/p-3. The molecule has 19 nitrogen and oxygen atoms in total. The molecule has 1 aromatic heterocycles. The van der Waals surface area contributed by atoms with Gasteiger partial charge in [0, 0.05) is 39.9 Å². The number of aromatic nitrogens is 3. The minimum atomic E-state index is -5.06. The van der Waals surface area contributed by atoms with Crippen molar-refractivity contribution in [1.82, 2.24) is 15.0 Å². The molecule has 0 aliphatic rings. The number of methoxy groups -OCH3 is 1. The fourth-order valence-corrected chi connectivity index (χ4v) is 8.78. The van der Waals surface area contributed by atoms with E-state index in [9.17, 15) is 51.9 Å². The van der Waals surface area contributed by atoms with Crippen LogP contribution >= 0.6 is 23.5 Å². The zero-order valence-electron chi connectivity index (χ0n) is 26.8. The number of nitrogens with zero attached hydrogens (tertiary/aromatic N) is 5. The molecule has 0 radical (unpaired) electrons. The van der Waals surface area contributed by atoms with Crippen molar-refractivity contribution >= 4 is 97.8 Å². The van der Waals surface area contributed by atoms with E-state index in [1.165, 1.54) is 19.2 Å². The van der Waals surface area contributed by atoms with Gasteiger partial charge in [-0.05, 0) is 49.6 Å². The summed E-state index contributed by atoms with van der Waals surface area (Å²) in [7, 11) is -17.5. The lowest BCUT2D eigenvalue weighted by molar-refractivity contribution is 0.417. The van der Waals surface area contributed by atoms with Gasteiger partial charge in [0.2, 0.25) is 5.95 Å². The van der Waals surface area contributed by atoms with E-state index in [0.717, 1.165) is 47.8 Å². The molecule has 0 saturated carbocycles. The lowest BCUT2D eigenvalue weighted by atomic mass is 10.1. The van der Waals surface area contributed by atoms with Crippen LogP contribution in [0.3, 0.4) is 0 Å². The molecule has 0 fully saturated rings. The fourth-order valence-electron chi connectivity index (χ4n) is 4.40. The monoisotopic (exact) mass is 835 g/mol. The summed E-state index contributed by atoms with van der Waals surface area (Å²) in [5.41, 5.74) is 0.779. The Morgan fingerprint density at radius 1 is 0.788 bits per heavy atom. The first-order valence-corrected chi connectivity index (χ1v) is 22.4. The third kappa shape index (κ3) is 12.0. The summed E-state index contributed by atoms with van der Waals surface area (Å²) < 4.78 is 141. The molecule has 282 valence electrons. The number of nitrogens with one attached hydrogen (secondary N) is 1. The molecule has 0 aliphatic carbocycles. The lowest BCUT2D eigenvalue weighted by Gasteiger charge is -2.14. The number of benzene rings is 3. The van der Waals surface area contributed by atoms with Crippen molar-refractivity contribution in [2.45, 2.75) is 39.9 Å². The van der Waals surface area contributed by atoms with E-state index in [1.54, 1.807) is 13.0 Å². The molecular weight excluding hydrogens is 809 g/mol. The average Bonchev–Trinajstić information content (AvgIpc) is 3.02. The molecule has 3 aromatic carbocycles. The van der Waals surface area contributed by atoms with Crippen molar-refractivity contribution < 1.29 is 56.6 Å². The van der Waals surface area contributed by atoms with Crippen molar-refractivity contribution in [2.75, 3.05) is 35.4 Å². The van der Waals surface area contributed by atoms with Crippen LogP contribution in [0.2, 0.25) is 0 Å². The smallest absolute Gasteiger partial charge is 0.295 e. The van der Waals surface area contributed by atoms with Gasteiger partial charge in [0.1, 0.15) is 20.8 Å². The van der Waals surface area contributed by atoms with Crippen molar-refractivity contribution in [3.8, 4) is 5.75 Å². The minimum Gasteiger partial charge on any atom is -0.748 e. The van der Waals surface area contributed by atoms with Gasteiger partial charge in [-0.2, -0.15) is 33.6 Å². The summed E-state index contributed by atoms with van der Waals surface area (Å²) in [5.74, 6) is -0.662. The maximum absolute atomic E-state index is 12.2. The number of fused-ring (bicyclic) bond motifs is 1. The first-order valence-electron chi connectivity index (χ1n) is 14.4. The van der Waals surface area contributed by atoms with Crippen LogP contribution in [-0.4, -0.2) is 97.0 Å². The number of rotatable bonds is 17. The number of thioether (sulfide) groups is 2. The highest BCUT2D eigenvalue weighted by atomic mass is 32.2. The van der Waals surface area contributed by atoms with Gasteiger partial charge in [0.25, 0.3) is 10.1 Å². The maximum Gasteiger partial charge on any atom is 0.295 e. The van der Waals surface area contributed by atoms with Crippen LogP contribution in [0.25, 0.3) is 10.8 Å². The molecule has 0 aliphatic heterocycles. The fraction of sp³-hybridized carbons (Fsp3) is 0.296. The van der Waals surface area contributed by atoms with Crippen molar-refractivity contribution in [2.24, 2.45) is 10.2 Å². The van der Waals surface area contributed by atoms with Gasteiger partial charge in [-0.25, -0.2) is 25.3 Å². The van der Waals surface area contributed by atoms with Crippen LogP contribution in [0.15, 0.2) is 72.8 Å². The molecule has 0 atom stereocenters. The van der Waals surface area contributed by atoms with E-state index in [1.807, 2.05) is 0 Å². The third-order valence-electron chi connectivity index (χ3n) is 6.62. The summed E-state index contributed by atoms with van der Waals surface area (Å²) in [6.45, 7) is 1.63. The zero-order chi connectivity index (χ0) is 38.5. The number of ether oxygens (including phenoxy) is 1. The maximum atomic E-state index is 12.2. The molecule has 2 N–H and O–H groups in total. The normalized spacial score (nSPS) is 12.8. The quantitative estimate of drug-likeness (QED) is 0.0662. The van der Waals surface area contributed by atoms with E-state index in [0.29, 0.717) is 11.3 Å². The molecule has 25 heteroatoms. The number of hydrogen-bond acceptors (Lipinski definition) is 20. The van der Waals surface area contributed by atoms with Gasteiger partial charge in [-0.1, -0.05) is 35.7 Å². The first kappa shape index (κ1) is 41.2. The molecule has 4 rings (SSSR count). The van der Waals surface area contributed by atoms with Gasteiger partial charge in [0.15, 0.2) is 10.3 Å². The minimum absolute atomic E-state index is 0.00185. The van der Waals surface area contributed by atoms with Crippen LogP contribution in [0.1, 0.15) is 18.4 Å². The SMILES string of the molecule is COc1cc(N=Nc2cc(S(=O)(=O)O)c3cccc(S(=O)(=O)[O-])c3c2)c(C)cc1Nc1nc(SCCCS(=O)(=O)[O-])nc(SCCCS(=O)(=O)[O-])n1. The molecule has 0 bridgehead atoms. The van der Waals surface area contributed by atoms with E-state index >= 15 is 0 Å². The Labute approximate surface area is 307 Å². The van der Waals surface area contributed by atoms with Gasteiger partial charge in [-0.3, -0.25) is 4.55 Å². The third-order valence-corrected chi connectivity index (χ3v) is 11.9. The predicted octanol–water partition coefficient (Wildman–Crippen LogP) is 3.71. The van der Waals surface area contributed by atoms with E-state index in [-0.39, 0.29) is 68.5 Å². The molecule has 0 spiro atoms. The largest absolute Gasteiger partial charge is 0.748 e. The Kier molecular flexibility index (Phi) is 13.2.